The lowest BCUT2D eigenvalue weighted by Gasteiger charge is -2.10. The zero-order valence-corrected chi connectivity index (χ0v) is 19.7. The smallest absolute Gasteiger partial charge is 0.228 e. The van der Waals surface area contributed by atoms with Crippen molar-refractivity contribution in [1.29, 1.82) is 0 Å². The van der Waals surface area contributed by atoms with Gasteiger partial charge in [-0.3, -0.25) is 4.99 Å². The Bertz CT molecular complexity index is 925. The van der Waals surface area contributed by atoms with Crippen LogP contribution in [0.2, 0.25) is 5.02 Å². The van der Waals surface area contributed by atoms with Crippen molar-refractivity contribution in [3.63, 3.8) is 0 Å². The molecular formula is C18H22ClIN6OS. The molecule has 150 valence electrons. The fourth-order valence-electron chi connectivity index (χ4n) is 2.48. The third-order valence-corrected chi connectivity index (χ3v) is 5.17. The molecule has 0 aliphatic heterocycles. The second kappa shape index (κ2) is 10.7. The minimum Gasteiger partial charge on any atom is -0.356 e. The van der Waals surface area contributed by atoms with E-state index in [9.17, 15) is 0 Å². The van der Waals surface area contributed by atoms with Crippen LogP contribution in [0, 0.1) is 13.8 Å². The molecule has 3 aromatic rings. The van der Waals surface area contributed by atoms with E-state index in [1.54, 1.807) is 30.5 Å². The molecule has 2 N–H and O–H groups in total. The topological polar surface area (TPSA) is 88.2 Å². The van der Waals surface area contributed by atoms with Gasteiger partial charge in [0.2, 0.25) is 11.7 Å². The van der Waals surface area contributed by atoms with E-state index in [0.717, 1.165) is 22.2 Å². The van der Waals surface area contributed by atoms with Crippen LogP contribution < -0.4 is 10.6 Å². The molecule has 0 spiro atoms. The van der Waals surface area contributed by atoms with E-state index < -0.39 is 0 Å². The van der Waals surface area contributed by atoms with Crippen LogP contribution in [-0.2, 0) is 13.0 Å². The highest BCUT2D eigenvalue weighted by atomic mass is 127. The van der Waals surface area contributed by atoms with E-state index in [4.69, 9.17) is 16.1 Å². The highest BCUT2D eigenvalue weighted by Crippen LogP contribution is 2.19. The van der Waals surface area contributed by atoms with Gasteiger partial charge in [0.05, 0.1) is 17.2 Å². The Morgan fingerprint density at radius 1 is 1.18 bits per heavy atom. The molecule has 0 atom stereocenters. The minimum atomic E-state index is 0. The van der Waals surface area contributed by atoms with Crippen LogP contribution >= 0.6 is 46.9 Å². The lowest BCUT2D eigenvalue weighted by molar-refractivity contribution is 0.378. The predicted octanol–water partition coefficient (Wildman–Crippen LogP) is 3.99. The molecule has 2 heterocycles. The van der Waals surface area contributed by atoms with Crippen molar-refractivity contribution in [2.45, 2.75) is 26.8 Å². The lowest BCUT2D eigenvalue weighted by atomic mass is 10.2. The maximum Gasteiger partial charge on any atom is 0.228 e. The van der Waals surface area contributed by atoms with E-state index in [1.807, 2.05) is 26.0 Å². The molecular weight excluding hydrogens is 511 g/mol. The number of aliphatic imine (C=N–C) groups is 1. The molecule has 28 heavy (non-hydrogen) atoms. The van der Waals surface area contributed by atoms with Crippen molar-refractivity contribution in [1.82, 2.24) is 25.8 Å². The molecule has 1 aromatic carbocycles. The maximum atomic E-state index is 5.90. The van der Waals surface area contributed by atoms with Crippen LogP contribution in [0.1, 0.15) is 21.5 Å². The Morgan fingerprint density at radius 3 is 2.57 bits per heavy atom. The number of halogens is 2. The monoisotopic (exact) mass is 532 g/mol. The van der Waals surface area contributed by atoms with Crippen LogP contribution in [0.4, 0.5) is 0 Å². The molecule has 0 saturated heterocycles. The number of thiazole rings is 1. The Kier molecular flexibility index (Phi) is 8.64. The van der Waals surface area contributed by atoms with Gasteiger partial charge in [-0.25, -0.2) is 4.98 Å². The molecule has 0 bridgehead atoms. The summed E-state index contributed by atoms with van der Waals surface area (Å²) in [5.41, 5.74) is 1.93. The molecule has 0 radical (unpaired) electrons. The van der Waals surface area contributed by atoms with Crippen molar-refractivity contribution in [3.8, 4) is 11.4 Å². The van der Waals surface area contributed by atoms with Crippen LogP contribution in [-0.4, -0.2) is 34.7 Å². The SMILES string of the molecule is CN=C(NCCc1nc(-c2ccc(Cl)cc2)no1)NCc1sc(C)nc1C.I. The summed E-state index contributed by atoms with van der Waals surface area (Å²) in [6.07, 6.45) is 0.597. The summed E-state index contributed by atoms with van der Waals surface area (Å²) in [4.78, 5) is 14.3. The number of nitrogens with one attached hydrogen (secondary N) is 2. The lowest BCUT2D eigenvalue weighted by Crippen LogP contribution is -2.37. The zero-order valence-electron chi connectivity index (χ0n) is 15.8. The average Bonchev–Trinajstić information content (AvgIpc) is 3.24. The van der Waals surface area contributed by atoms with Crippen molar-refractivity contribution in [3.05, 3.63) is 50.8 Å². The first kappa shape index (κ1) is 22.6. The number of hydrogen-bond donors (Lipinski definition) is 2. The van der Waals surface area contributed by atoms with Crippen molar-refractivity contribution >= 4 is 52.9 Å². The second-order valence-electron chi connectivity index (χ2n) is 5.86. The standard InChI is InChI=1S/C18H21ClN6OS.HI/c1-11-15(27-12(2)23-11)10-22-18(20-3)21-9-8-16-24-17(25-26-16)13-4-6-14(19)7-5-13;/h4-7H,8-10H2,1-3H3,(H2,20,21,22);1H. The zero-order chi connectivity index (χ0) is 19.2. The van der Waals surface area contributed by atoms with Gasteiger partial charge in [-0.05, 0) is 38.1 Å². The Hall–Kier alpha value is -1.72. The van der Waals surface area contributed by atoms with Gasteiger partial charge in [-0.1, -0.05) is 16.8 Å². The predicted molar refractivity (Wildman–Crippen MR) is 124 cm³/mol. The van der Waals surface area contributed by atoms with Gasteiger partial charge in [0.15, 0.2) is 5.96 Å². The fourth-order valence-corrected chi connectivity index (χ4v) is 3.49. The molecule has 7 nitrogen and oxygen atoms in total. The number of rotatable bonds is 6. The summed E-state index contributed by atoms with van der Waals surface area (Å²) in [5.74, 6) is 1.84. The Morgan fingerprint density at radius 2 is 1.93 bits per heavy atom. The molecule has 10 heteroatoms. The van der Waals surface area contributed by atoms with Crippen LogP contribution in [0.3, 0.4) is 0 Å². The maximum absolute atomic E-state index is 5.90. The third-order valence-electron chi connectivity index (χ3n) is 3.84. The molecule has 2 aromatic heterocycles. The number of nitrogens with zero attached hydrogens (tertiary/aromatic N) is 4. The normalized spacial score (nSPS) is 11.2. The first-order chi connectivity index (χ1) is 13.0. The summed E-state index contributed by atoms with van der Waals surface area (Å²) >= 11 is 7.59. The number of aromatic nitrogens is 3. The first-order valence-electron chi connectivity index (χ1n) is 8.51. The summed E-state index contributed by atoms with van der Waals surface area (Å²) in [6.45, 7) is 5.35. The molecule has 0 unspecified atom stereocenters. The third kappa shape index (κ3) is 6.14. The van der Waals surface area contributed by atoms with Gasteiger partial charge in [0, 0.05) is 35.5 Å². The number of guanidine groups is 1. The average molecular weight is 533 g/mol. The first-order valence-corrected chi connectivity index (χ1v) is 9.70. The van der Waals surface area contributed by atoms with E-state index in [0.29, 0.717) is 36.2 Å². The largest absolute Gasteiger partial charge is 0.356 e. The van der Waals surface area contributed by atoms with E-state index in [1.165, 1.54) is 4.88 Å². The summed E-state index contributed by atoms with van der Waals surface area (Å²) in [5, 5.41) is 12.3. The number of hydrogen-bond acceptors (Lipinski definition) is 6. The summed E-state index contributed by atoms with van der Waals surface area (Å²) < 4.78 is 5.31. The van der Waals surface area contributed by atoms with Gasteiger partial charge in [0.1, 0.15) is 0 Å². The summed E-state index contributed by atoms with van der Waals surface area (Å²) in [6, 6.07) is 7.33. The Labute approximate surface area is 190 Å². The Balaban J connectivity index is 0.00000280. The van der Waals surface area contributed by atoms with E-state index in [-0.39, 0.29) is 24.0 Å². The highest BCUT2D eigenvalue weighted by molar-refractivity contribution is 14.0. The van der Waals surface area contributed by atoms with Crippen molar-refractivity contribution in [2.24, 2.45) is 4.99 Å². The summed E-state index contributed by atoms with van der Waals surface area (Å²) in [7, 11) is 1.74. The van der Waals surface area contributed by atoms with Gasteiger partial charge < -0.3 is 15.2 Å². The molecule has 0 amide bonds. The van der Waals surface area contributed by atoms with Crippen molar-refractivity contribution in [2.75, 3.05) is 13.6 Å². The van der Waals surface area contributed by atoms with E-state index >= 15 is 0 Å². The van der Waals surface area contributed by atoms with Gasteiger partial charge in [0.25, 0.3) is 0 Å². The molecule has 0 fully saturated rings. The quantitative estimate of drug-likeness (QED) is 0.284. The van der Waals surface area contributed by atoms with Crippen LogP contribution in [0.25, 0.3) is 11.4 Å². The highest BCUT2D eigenvalue weighted by Gasteiger charge is 2.09. The van der Waals surface area contributed by atoms with Gasteiger partial charge in [-0.15, -0.1) is 35.3 Å². The fraction of sp³-hybridized carbons (Fsp3) is 0.333. The molecule has 0 aliphatic rings. The number of aryl methyl sites for hydroxylation is 2. The molecule has 3 rings (SSSR count). The molecule has 0 aliphatic carbocycles. The van der Waals surface area contributed by atoms with E-state index in [2.05, 4.69) is 30.8 Å². The van der Waals surface area contributed by atoms with Crippen LogP contribution in [0.5, 0.6) is 0 Å². The minimum absolute atomic E-state index is 0. The molecule has 0 saturated carbocycles. The van der Waals surface area contributed by atoms with Crippen molar-refractivity contribution < 1.29 is 4.52 Å². The number of benzene rings is 1. The van der Waals surface area contributed by atoms with Gasteiger partial charge in [-0.2, -0.15) is 4.98 Å². The van der Waals surface area contributed by atoms with Gasteiger partial charge >= 0.3 is 0 Å². The second-order valence-corrected chi connectivity index (χ2v) is 7.59. The van der Waals surface area contributed by atoms with Crippen LogP contribution in [0.15, 0.2) is 33.8 Å².